The van der Waals surface area contributed by atoms with Gasteiger partial charge >= 0.3 is 0 Å². The van der Waals surface area contributed by atoms with Gasteiger partial charge in [-0.2, -0.15) is 0 Å². The van der Waals surface area contributed by atoms with E-state index in [2.05, 4.69) is 10.6 Å². The fourth-order valence-corrected chi connectivity index (χ4v) is 2.34. The van der Waals surface area contributed by atoms with Gasteiger partial charge in [-0.3, -0.25) is 14.9 Å². The van der Waals surface area contributed by atoms with Gasteiger partial charge in [-0.25, -0.2) is 0 Å². The number of hydrogen-bond acceptors (Lipinski definition) is 5. The summed E-state index contributed by atoms with van der Waals surface area (Å²) in [6.07, 6.45) is -0.172. The van der Waals surface area contributed by atoms with Gasteiger partial charge in [0, 0.05) is 33.9 Å². The highest BCUT2D eigenvalue weighted by molar-refractivity contribution is 5.87. The number of ether oxygens (including phenoxy) is 2. The molecule has 3 atom stereocenters. The third-order valence-corrected chi connectivity index (χ3v) is 3.44. The smallest absolute Gasteiger partial charge is 0.241 e. The summed E-state index contributed by atoms with van der Waals surface area (Å²) in [6.45, 7) is 1.58. The molecule has 2 saturated heterocycles. The topological polar surface area (TPSA) is 79.9 Å². The molecule has 2 N–H and O–H groups in total. The van der Waals surface area contributed by atoms with E-state index in [9.17, 15) is 9.59 Å². The van der Waals surface area contributed by atoms with Gasteiger partial charge in [0.2, 0.25) is 11.8 Å². The third-order valence-electron chi connectivity index (χ3n) is 3.44. The second-order valence-electron chi connectivity index (χ2n) is 4.53. The quantitative estimate of drug-likeness (QED) is 0.608. The monoisotopic (exact) mass is 257 g/mol. The Morgan fingerprint density at radius 3 is 2.33 bits per heavy atom. The highest BCUT2D eigenvalue weighted by Gasteiger charge is 2.38. The van der Waals surface area contributed by atoms with E-state index in [0.29, 0.717) is 19.6 Å². The highest BCUT2D eigenvalue weighted by Crippen LogP contribution is 2.16. The van der Waals surface area contributed by atoms with E-state index < -0.39 is 0 Å². The molecule has 7 heteroatoms. The summed E-state index contributed by atoms with van der Waals surface area (Å²) in [4.78, 5) is 25.0. The minimum atomic E-state index is -0.351. The zero-order chi connectivity index (χ0) is 13.1. The van der Waals surface area contributed by atoms with E-state index in [4.69, 9.17) is 9.47 Å². The Bertz CT molecular complexity index is 314. The first-order chi connectivity index (χ1) is 8.65. The van der Waals surface area contributed by atoms with Gasteiger partial charge in [0.05, 0.1) is 6.54 Å². The van der Waals surface area contributed by atoms with E-state index in [1.54, 1.807) is 19.1 Å². The summed E-state index contributed by atoms with van der Waals surface area (Å²) in [5, 5.41) is 5.60. The number of likely N-dealkylation sites (tertiary alicyclic amines) is 1. The maximum absolute atomic E-state index is 12.2. The normalized spacial score (nSPS) is 32.4. The van der Waals surface area contributed by atoms with Crippen molar-refractivity contribution >= 4 is 11.8 Å². The van der Waals surface area contributed by atoms with Crippen LogP contribution in [0.4, 0.5) is 0 Å². The molecule has 3 unspecified atom stereocenters. The second kappa shape index (κ2) is 5.64. The molecular weight excluding hydrogens is 238 g/mol. The van der Waals surface area contributed by atoms with Crippen molar-refractivity contribution < 1.29 is 19.1 Å². The summed E-state index contributed by atoms with van der Waals surface area (Å²) in [7, 11) is 3.23. The summed E-state index contributed by atoms with van der Waals surface area (Å²) < 4.78 is 10.6. The van der Waals surface area contributed by atoms with Crippen molar-refractivity contribution in [3.63, 3.8) is 0 Å². The first kappa shape index (κ1) is 13.3. The van der Waals surface area contributed by atoms with Crippen LogP contribution < -0.4 is 10.6 Å². The number of carbonyl (C=O) groups excluding carboxylic acids is 2. The molecular formula is C11H19N3O4. The minimum absolute atomic E-state index is 0.0170. The van der Waals surface area contributed by atoms with E-state index in [1.807, 2.05) is 0 Å². The van der Waals surface area contributed by atoms with Crippen molar-refractivity contribution in [1.29, 1.82) is 0 Å². The van der Waals surface area contributed by atoms with Gasteiger partial charge in [-0.05, 0) is 0 Å². The molecule has 2 aliphatic heterocycles. The number of rotatable bonds is 3. The van der Waals surface area contributed by atoms with Crippen LogP contribution in [0.3, 0.4) is 0 Å². The Morgan fingerprint density at radius 2 is 1.89 bits per heavy atom. The number of methoxy groups -OCH3 is 2. The van der Waals surface area contributed by atoms with Crippen LogP contribution in [0.25, 0.3) is 0 Å². The number of carbonyl (C=O) groups is 2. The lowest BCUT2D eigenvalue weighted by Crippen LogP contribution is -2.58. The van der Waals surface area contributed by atoms with E-state index in [0.717, 1.165) is 0 Å². The molecule has 0 aromatic carbocycles. The van der Waals surface area contributed by atoms with E-state index in [1.165, 1.54) is 0 Å². The Morgan fingerprint density at radius 1 is 1.28 bits per heavy atom. The molecule has 0 saturated carbocycles. The lowest BCUT2D eigenvalue weighted by Gasteiger charge is -2.27. The average Bonchev–Trinajstić information content (AvgIpc) is 2.82. The average molecular weight is 257 g/mol. The van der Waals surface area contributed by atoms with Crippen LogP contribution >= 0.6 is 0 Å². The van der Waals surface area contributed by atoms with Crippen LogP contribution in [0.15, 0.2) is 0 Å². The number of nitrogens with one attached hydrogen (secondary N) is 2. The molecule has 2 fully saturated rings. The Kier molecular flexibility index (Phi) is 4.15. The zero-order valence-corrected chi connectivity index (χ0v) is 10.6. The van der Waals surface area contributed by atoms with Gasteiger partial charge in [0.15, 0.2) is 0 Å². The summed E-state index contributed by atoms with van der Waals surface area (Å²) in [6, 6.07) is -0.351. The van der Waals surface area contributed by atoms with Crippen molar-refractivity contribution in [2.75, 3.05) is 40.4 Å². The molecule has 18 heavy (non-hydrogen) atoms. The van der Waals surface area contributed by atoms with Crippen molar-refractivity contribution in [2.45, 2.75) is 18.2 Å². The Balaban J connectivity index is 1.92. The fraction of sp³-hybridized carbons (Fsp3) is 0.818. The number of piperazine rings is 1. The fourth-order valence-electron chi connectivity index (χ4n) is 2.34. The molecule has 2 heterocycles. The van der Waals surface area contributed by atoms with Gasteiger partial charge < -0.3 is 19.7 Å². The largest absolute Gasteiger partial charge is 0.377 e. The lowest BCUT2D eigenvalue weighted by molar-refractivity contribution is -0.134. The molecule has 102 valence electrons. The maximum Gasteiger partial charge on any atom is 0.241 e. The van der Waals surface area contributed by atoms with Gasteiger partial charge in [0.25, 0.3) is 0 Å². The van der Waals surface area contributed by atoms with Crippen molar-refractivity contribution in [3.8, 4) is 0 Å². The molecule has 0 spiro atoms. The first-order valence-corrected chi connectivity index (χ1v) is 6.00. The molecule has 0 aromatic rings. The van der Waals surface area contributed by atoms with Gasteiger partial charge in [0.1, 0.15) is 18.2 Å². The van der Waals surface area contributed by atoms with E-state index in [-0.39, 0.29) is 36.6 Å². The molecule has 2 amide bonds. The van der Waals surface area contributed by atoms with Crippen molar-refractivity contribution in [3.05, 3.63) is 0 Å². The van der Waals surface area contributed by atoms with Crippen LogP contribution in [0, 0.1) is 0 Å². The number of hydrogen-bond donors (Lipinski definition) is 2. The molecule has 2 aliphatic rings. The number of nitrogens with zero attached hydrogens (tertiary/aromatic N) is 1. The molecule has 0 radical (unpaired) electrons. The van der Waals surface area contributed by atoms with Crippen LogP contribution in [0.5, 0.6) is 0 Å². The lowest BCUT2D eigenvalue weighted by atomic mass is 10.2. The summed E-state index contributed by atoms with van der Waals surface area (Å²) >= 11 is 0. The van der Waals surface area contributed by atoms with Crippen molar-refractivity contribution in [2.24, 2.45) is 0 Å². The molecule has 2 rings (SSSR count). The van der Waals surface area contributed by atoms with Crippen LogP contribution in [0.2, 0.25) is 0 Å². The van der Waals surface area contributed by atoms with E-state index >= 15 is 0 Å². The molecule has 7 nitrogen and oxygen atoms in total. The van der Waals surface area contributed by atoms with Gasteiger partial charge in [-0.1, -0.05) is 0 Å². The summed E-state index contributed by atoms with van der Waals surface area (Å²) in [5.41, 5.74) is 0. The third kappa shape index (κ3) is 2.63. The molecule has 0 aromatic heterocycles. The predicted molar refractivity (Wildman–Crippen MR) is 63.0 cm³/mol. The van der Waals surface area contributed by atoms with Crippen LogP contribution in [-0.2, 0) is 19.1 Å². The summed E-state index contributed by atoms with van der Waals surface area (Å²) in [5.74, 6) is -0.0957. The SMILES string of the molecule is COC1CN(C(=O)C2CNC(=O)CN2)CC1OC. The predicted octanol–water partition coefficient (Wildman–Crippen LogP) is -2.05. The van der Waals surface area contributed by atoms with Crippen LogP contribution in [-0.4, -0.2) is 75.4 Å². The Labute approximate surface area is 106 Å². The Hall–Kier alpha value is -1.18. The number of amides is 2. The minimum Gasteiger partial charge on any atom is -0.377 e. The van der Waals surface area contributed by atoms with Crippen LogP contribution in [0.1, 0.15) is 0 Å². The highest BCUT2D eigenvalue weighted by atomic mass is 16.5. The maximum atomic E-state index is 12.2. The second-order valence-corrected chi connectivity index (χ2v) is 4.53. The molecule has 0 aliphatic carbocycles. The van der Waals surface area contributed by atoms with Crippen molar-refractivity contribution in [1.82, 2.24) is 15.5 Å². The molecule has 0 bridgehead atoms. The standard InChI is InChI=1S/C11H19N3O4/c1-17-8-5-14(6-9(8)18-2)11(16)7-3-13-10(15)4-12-7/h7-9,12H,3-6H2,1-2H3,(H,13,15). The van der Waals surface area contributed by atoms with Gasteiger partial charge in [-0.15, -0.1) is 0 Å². The first-order valence-electron chi connectivity index (χ1n) is 6.00. The zero-order valence-electron chi connectivity index (χ0n) is 10.6.